The molecule has 0 atom stereocenters. The fraction of sp³-hybridized carbons (Fsp3) is 0.538. The van der Waals surface area contributed by atoms with Crippen molar-refractivity contribution in [3.8, 4) is 0 Å². The third-order valence-electron chi connectivity index (χ3n) is 3.16. The molecule has 0 aliphatic heterocycles. The third kappa shape index (κ3) is 2.82. The minimum atomic E-state index is -4.30. The number of rotatable bonds is 4. The summed E-state index contributed by atoms with van der Waals surface area (Å²) in [6.07, 6.45) is -2.31. The highest BCUT2D eigenvalue weighted by molar-refractivity contribution is 9.08. The van der Waals surface area contributed by atoms with E-state index in [1.54, 1.807) is 12.1 Å². The third-order valence-corrected chi connectivity index (χ3v) is 3.81. The molecule has 0 unspecified atom stereocenters. The molecule has 1 aromatic rings. The molecule has 100 valence electrons. The van der Waals surface area contributed by atoms with Crippen molar-refractivity contribution in [3.05, 3.63) is 29.3 Å². The lowest BCUT2D eigenvalue weighted by molar-refractivity contribution is -0.137. The number of halogens is 4. The van der Waals surface area contributed by atoms with Gasteiger partial charge in [0.05, 0.1) is 5.56 Å². The normalized spacial score (nSPS) is 15.8. The lowest BCUT2D eigenvalue weighted by Crippen LogP contribution is -2.27. The maximum atomic E-state index is 13.1. The van der Waals surface area contributed by atoms with E-state index in [4.69, 9.17) is 0 Å². The van der Waals surface area contributed by atoms with Gasteiger partial charge >= 0.3 is 6.18 Å². The summed E-state index contributed by atoms with van der Waals surface area (Å²) in [5.74, 6) is 0. The Balaban J connectivity index is 2.44. The van der Waals surface area contributed by atoms with Crippen LogP contribution in [0.5, 0.6) is 0 Å². The predicted molar refractivity (Wildman–Crippen MR) is 70.1 cm³/mol. The van der Waals surface area contributed by atoms with Crippen molar-refractivity contribution in [2.45, 2.75) is 37.3 Å². The molecule has 1 nitrogen and oxygen atoms in total. The Morgan fingerprint density at radius 1 is 1.33 bits per heavy atom. The van der Waals surface area contributed by atoms with Crippen LogP contribution < -0.4 is 4.90 Å². The SMILES string of the molecule is CCN(c1ccc(CBr)cc1C(F)(F)F)C1CC1. The van der Waals surface area contributed by atoms with Crippen LogP contribution in [0.4, 0.5) is 18.9 Å². The van der Waals surface area contributed by atoms with Crippen molar-refractivity contribution in [3.63, 3.8) is 0 Å². The van der Waals surface area contributed by atoms with E-state index < -0.39 is 11.7 Å². The van der Waals surface area contributed by atoms with Gasteiger partial charge in [-0.15, -0.1) is 0 Å². The Labute approximate surface area is 113 Å². The largest absolute Gasteiger partial charge is 0.418 e. The highest BCUT2D eigenvalue weighted by Gasteiger charge is 2.38. The van der Waals surface area contributed by atoms with Crippen molar-refractivity contribution >= 4 is 21.6 Å². The first-order valence-electron chi connectivity index (χ1n) is 6.00. The van der Waals surface area contributed by atoms with Crippen molar-refractivity contribution in [2.75, 3.05) is 11.4 Å². The fourth-order valence-electron chi connectivity index (χ4n) is 2.16. The van der Waals surface area contributed by atoms with Gasteiger partial charge in [-0.1, -0.05) is 22.0 Å². The number of benzene rings is 1. The Bertz CT molecular complexity index is 427. The molecule has 0 amide bonds. The van der Waals surface area contributed by atoms with Gasteiger partial charge in [0.2, 0.25) is 0 Å². The first-order chi connectivity index (χ1) is 8.47. The number of nitrogens with zero attached hydrogens (tertiary/aromatic N) is 1. The minimum absolute atomic E-state index is 0.283. The van der Waals surface area contributed by atoms with E-state index in [1.807, 2.05) is 11.8 Å². The molecule has 18 heavy (non-hydrogen) atoms. The number of hydrogen-bond acceptors (Lipinski definition) is 1. The molecule has 1 saturated carbocycles. The molecule has 0 heterocycles. The van der Waals surface area contributed by atoms with Crippen LogP contribution in [-0.4, -0.2) is 12.6 Å². The zero-order valence-electron chi connectivity index (χ0n) is 10.1. The van der Waals surface area contributed by atoms with E-state index in [2.05, 4.69) is 15.9 Å². The fourth-order valence-corrected chi connectivity index (χ4v) is 2.50. The Kier molecular flexibility index (Phi) is 3.90. The average Bonchev–Trinajstić information content (AvgIpc) is 3.13. The van der Waals surface area contributed by atoms with E-state index in [0.29, 0.717) is 23.1 Å². The quantitative estimate of drug-likeness (QED) is 0.733. The van der Waals surface area contributed by atoms with Crippen LogP contribution in [-0.2, 0) is 11.5 Å². The molecule has 1 fully saturated rings. The number of hydrogen-bond donors (Lipinski definition) is 0. The van der Waals surface area contributed by atoms with Gasteiger partial charge in [-0.2, -0.15) is 13.2 Å². The lowest BCUT2D eigenvalue weighted by atomic mass is 10.1. The van der Waals surface area contributed by atoms with Crippen LogP contribution in [0, 0.1) is 0 Å². The summed E-state index contributed by atoms with van der Waals surface area (Å²) in [7, 11) is 0. The van der Waals surface area contributed by atoms with Gasteiger partial charge in [0.1, 0.15) is 0 Å². The van der Waals surface area contributed by atoms with Crippen LogP contribution >= 0.6 is 15.9 Å². The van der Waals surface area contributed by atoms with E-state index in [9.17, 15) is 13.2 Å². The van der Waals surface area contributed by atoms with Crippen molar-refractivity contribution in [1.29, 1.82) is 0 Å². The molecular formula is C13H15BrF3N. The van der Waals surface area contributed by atoms with E-state index in [1.165, 1.54) is 6.07 Å². The zero-order valence-corrected chi connectivity index (χ0v) is 11.7. The van der Waals surface area contributed by atoms with Crippen LogP contribution in [0.25, 0.3) is 0 Å². The van der Waals surface area contributed by atoms with E-state index in [0.717, 1.165) is 12.8 Å². The Morgan fingerprint density at radius 2 is 2.00 bits per heavy atom. The van der Waals surface area contributed by atoms with Crippen molar-refractivity contribution in [1.82, 2.24) is 0 Å². The molecule has 1 aliphatic carbocycles. The second-order valence-electron chi connectivity index (χ2n) is 4.50. The summed E-state index contributed by atoms with van der Waals surface area (Å²) in [6.45, 7) is 2.51. The molecular weight excluding hydrogens is 307 g/mol. The molecule has 2 rings (SSSR count). The van der Waals surface area contributed by atoms with Crippen molar-refractivity contribution in [2.24, 2.45) is 0 Å². The van der Waals surface area contributed by atoms with E-state index in [-0.39, 0.29) is 6.04 Å². The second kappa shape index (κ2) is 5.11. The highest BCUT2D eigenvalue weighted by atomic mass is 79.9. The standard InChI is InChI=1S/C13H15BrF3N/c1-2-18(10-4-5-10)12-6-3-9(8-14)7-11(12)13(15,16)17/h3,6-7,10H,2,4-5,8H2,1H3. The summed E-state index contributed by atoms with van der Waals surface area (Å²) in [5, 5.41) is 0.436. The maximum absolute atomic E-state index is 13.1. The first-order valence-corrected chi connectivity index (χ1v) is 7.12. The first kappa shape index (κ1) is 13.7. The topological polar surface area (TPSA) is 3.24 Å². The summed E-state index contributed by atoms with van der Waals surface area (Å²) in [5.41, 5.74) is 0.448. The average molecular weight is 322 g/mol. The molecule has 0 radical (unpaired) electrons. The van der Waals surface area contributed by atoms with Crippen molar-refractivity contribution < 1.29 is 13.2 Å². The van der Waals surface area contributed by atoms with Gasteiger partial charge in [-0.05, 0) is 37.5 Å². The molecule has 1 aliphatic rings. The van der Waals surface area contributed by atoms with Gasteiger partial charge in [0.25, 0.3) is 0 Å². The van der Waals surface area contributed by atoms with Crippen LogP contribution in [0.15, 0.2) is 18.2 Å². The summed E-state index contributed by atoms with van der Waals surface area (Å²) >= 11 is 3.20. The second-order valence-corrected chi connectivity index (χ2v) is 5.06. The molecule has 0 N–H and O–H groups in total. The molecule has 0 aromatic heterocycles. The smallest absolute Gasteiger partial charge is 0.368 e. The molecule has 1 aromatic carbocycles. The lowest BCUT2D eigenvalue weighted by Gasteiger charge is -2.26. The predicted octanol–water partition coefficient (Wildman–Crippen LogP) is 4.59. The Morgan fingerprint density at radius 3 is 2.44 bits per heavy atom. The zero-order chi connectivity index (χ0) is 13.3. The van der Waals surface area contributed by atoms with Crippen LogP contribution in [0.1, 0.15) is 30.9 Å². The molecule has 0 spiro atoms. The van der Waals surface area contributed by atoms with Gasteiger partial charge < -0.3 is 4.90 Å². The van der Waals surface area contributed by atoms with Crippen LogP contribution in [0.2, 0.25) is 0 Å². The summed E-state index contributed by atoms with van der Waals surface area (Å²) < 4.78 is 39.3. The minimum Gasteiger partial charge on any atom is -0.368 e. The van der Waals surface area contributed by atoms with Gasteiger partial charge in [-0.25, -0.2) is 0 Å². The molecule has 0 saturated heterocycles. The molecule has 0 bridgehead atoms. The summed E-state index contributed by atoms with van der Waals surface area (Å²) in [6, 6.07) is 4.88. The van der Waals surface area contributed by atoms with Gasteiger partial charge in [0, 0.05) is 23.6 Å². The van der Waals surface area contributed by atoms with E-state index >= 15 is 0 Å². The monoisotopic (exact) mass is 321 g/mol. The van der Waals surface area contributed by atoms with Gasteiger partial charge in [0.15, 0.2) is 0 Å². The number of anilines is 1. The highest BCUT2D eigenvalue weighted by Crippen LogP contribution is 2.41. The Hall–Kier alpha value is -0.710. The maximum Gasteiger partial charge on any atom is 0.418 e. The van der Waals surface area contributed by atoms with Gasteiger partial charge in [-0.3, -0.25) is 0 Å². The van der Waals surface area contributed by atoms with Crippen LogP contribution in [0.3, 0.4) is 0 Å². The number of alkyl halides is 4. The molecule has 5 heteroatoms. The summed E-state index contributed by atoms with van der Waals surface area (Å²) in [4.78, 5) is 1.86.